The molecular weight excluding hydrogens is 411 g/mol. The van der Waals surface area contributed by atoms with Crippen LogP contribution in [0.15, 0.2) is 53.3 Å². The van der Waals surface area contributed by atoms with Crippen molar-refractivity contribution in [2.24, 2.45) is 0 Å². The number of pyridine rings is 1. The third-order valence-electron chi connectivity index (χ3n) is 4.58. The number of aromatic nitrogens is 3. The summed E-state index contributed by atoms with van der Waals surface area (Å²) >= 11 is 12.6. The highest BCUT2D eigenvalue weighted by Gasteiger charge is 2.20. The molecule has 146 valence electrons. The summed E-state index contributed by atoms with van der Waals surface area (Å²) in [6.07, 6.45) is 0. The van der Waals surface area contributed by atoms with Gasteiger partial charge in [0.05, 0.1) is 21.0 Å². The first-order chi connectivity index (χ1) is 13.9. The predicted molar refractivity (Wildman–Crippen MR) is 116 cm³/mol. The van der Waals surface area contributed by atoms with Crippen molar-refractivity contribution in [3.8, 4) is 22.5 Å². The lowest BCUT2D eigenvalue weighted by Crippen LogP contribution is -2.27. The lowest BCUT2D eigenvalue weighted by Gasteiger charge is -2.14. The Balaban J connectivity index is 2.04. The topological polar surface area (TPSA) is 83.0 Å². The highest BCUT2D eigenvalue weighted by Crippen LogP contribution is 2.34. The zero-order chi connectivity index (χ0) is 20.7. The van der Waals surface area contributed by atoms with Gasteiger partial charge in [-0.2, -0.15) is 0 Å². The van der Waals surface area contributed by atoms with Crippen LogP contribution in [0.3, 0.4) is 0 Å². The number of halogens is 2. The summed E-state index contributed by atoms with van der Waals surface area (Å²) in [5.74, 6) is 0.601. The van der Waals surface area contributed by atoms with Gasteiger partial charge in [0.1, 0.15) is 12.9 Å². The minimum atomic E-state index is -0.456. The van der Waals surface area contributed by atoms with Crippen LogP contribution < -0.4 is 16.1 Å². The number of nitrogens with two attached hydrogens (primary N) is 1. The number of hydrogen-bond acceptors (Lipinski definition) is 5. The van der Waals surface area contributed by atoms with E-state index in [-0.39, 0.29) is 17.0 Å². The zero-order valence-corrected chi connectivity index (χ0v) is 17.1. The molecule has 4 rings (SSSR count). The maximum Gasteiger partial charge on any atom is 0.293 e. The molecule has 2 aromatic carbocycles. The van der Waals surface area contributed by atoms with E-state index >= 15 is 0 Å². The van der Waals surface area contributed by atoms with Crippen molar-refractivity contribution in [1.29, 1.82) is 0 Å². The molecule has 6 nitrogen and oxygen atoms in total. The molecule has 0 fully saturated rings. The molecular formula is C21H16Cl2N4O2. The van der Waals surface area contributed by atoms with Gasteiger partial charge < -0.3 is 10.6 Å². The van der Waals surface area contributed by atoms with Gasteiger partial charge in [-0.05, 0) is 25.1 Å². The lowest BCUT2D eigenvalue weighted by molar-refractivity contribution is 0.168. The highest BCUT2D eigenvalue weighted by molar-refractivity contribution is 6.39. The first-order valence-electron chi connectivity index (χ1n) is 8.70. The lowest BCUT2D eigenvalue weighted by atomic mass is 10.1. The van der Waals surface area contributed by atoms with E-state index in [0.717, 1.165) is 15.9 Å². The molecule has 0 amide bonds. The second-order valence-corrected chi connectivity index (χ2v) is 7.29. The van der Waals surface area contributed by atoms with E-state index in [0.29, 0.717) is 26.8 Å². The Kier molecular flexibility index (Phi) is 4.90. The maximum atomic E-state index is 13.1. The molecule has 0 unspecified atom stereocenters. The second-order valence-electron chi connectivity index (χ2n) is 6.47. The largest absolute Gasteiger partial charge is 0.412 e. The number of aryl methyl sites for hydroxylation is 1. The Morgan fingerprint density at radius 1 is 1.03 bits per heavy atom. The third kappa shape index (κ3) is 3.30. The molecule has 4 aromatic rings. The normalized spacial score (nSPS) is 11.0. The van der Waals surface area contributed by atoms with Crippen molar-refractivity contribution in [3.05, 3.63) is 74.5 Å². The molecule has 8 heteroatoms. The predicted octanol–water partition coefficient (Wildman–Crippen LogP) is 4.38. The van der Waals surface area contributed by atoms with Crippen molar-refractivity contribution >= 4 is 40.1 Å². The van der Waals surface area contributed by atoms with Crippen molar-refractivity contribution in [2.75, 3.05) is 12.8 Å². The number of nitrogen functional groups attached to an aromatic ring is 1. The van der Waals surface area contributed by atoms with Crippen LogP contribution in [0.1, 0.15) is 5.56 Å². The van der Waals surface area contributed by atoms with Gasteiger partial charge in [-0.3, -0.25) is 4.79 Å². The fraction of sp³-hybridized carbons (Fsp3) is 0.0952. The van der Waals surface area contributed by atoms with Crippen LogP contribution >= 0.6 is 23.2 Å². The number of nitrogens with zero attached hydrogens (tertiary/aromatic N) is 3. The average molecular weight is 427 g/mol. The number of benzene rings is 2. The molecule has 2 N–H and O–H groups in total. The second kappa shape index (κ2) is 7.39. The van der Waals surface area contributed by atoms with Crippen LogP contribution in [0, 0.1) is 6.92 Å². The van der Waals surface area contributed by atoms with Gasteiger partial charge in [0, 0.05) is 11.1 Å². The molecule has 2 heterocycles. The van der Waals surface area contributed by atoms with E-state index < -0.39 is 5.56 Å². The standard InChI is InChI=1S/C21H16Cl2N4O2/c1-11-6-8-12(9-7-11)19-25-18(24)14-10-13(17-15(22)4-3-5-16(17)23)21(28)27(29-2)20(14)26-19/h3-10H,1-2H3,(H2,24,25,26). The van der Waals surface area contributed by atoms with Gasteiger partial charge in [0.25, 0.3) is 5.56 Å². The Bertz CT molecular complexity index is 1280. The summed E-state index contributed by atoms with van der Waals surface area (Å²) in [4.78, 5) is 27.4. The number of rotatable bonds is 3. The monoisotopic (exact) mass is 426 g/mol. The van der Waals surface area contributed by atoms with E-state index in [1.54, 1.807) is 24.3 Å². The molecule has 29 heavy (non-hydrogen) atoms. The fourth-order valence-electron chi connectivity index (χ4n) is 3.11. The Morgan fingerprint density at radius 2 is 1.69 bits per heavy atom. The molecule has 2 aromatic heterocycles. The van der Waals surface area contributed by atoms with E-state index in [4.69, 9.17) is 33.8 Å². The van der Waals surface area contributed by atoms with Gasteiger partial charge in [-0.1, -0.05) is 59.1 Å². The van der Waals surface area contributed by atoms with E-state index in [2.05, 4.69) is 9.97 Å². The Hall–Kier alpha value is -3.09. The summed E-state index contributed by atoms with van der Waals surface area (Å²) in [7, 11) is 1.38. The molecule has 0 spiro atoms. The first-order valence-corrected chi connectivity index (χ1v) is 9.45. The minimum Gasteiger partial charge on any atom is -0.412 e. The van der Waals surface area contributed by atoms with Gasteiger partial charge >= 0.3 is 0 Å². The number of fused-ring (bicyclic) bond motifs is 1. The van der Waals surface area contributed by atoms with Gasteiger partial charge in [0.15, 0.2) is 11.5 Å². The van der Waals surface area contributed by atoms with E-state index in [1.807, 2.05) is 31.2 Å². The van der Waals surface area contributed by atoms with Crippen molar-refractivity contribution in [1.82, 2.24) is 14.7 Å². The molecule has 0 aliphatic rings. The Labute approximate surface area is 176 Å². The summed E-state index contributed by atoms with van der Waals surface area (Å²) in [6.45, 7) is 1.99. The van der Waals surface area contributed by atoms with Gasteiger partial charge in [0.2, 0.25) is 0 Å². The van der Waals surface area contributed by atoms with Gasteiger partial charge in [-0.15, -0.1) is 4.73 Å². The molecule has 0 atom stereocenters. The van der Waals surface area contributed by atoms with Crippen LogP contribution in [0.5, 0.6) is 0 Å². The number of anilines is 1. The molecule has 0 aliphatic carbocycles. The summed E-state index contributed by atoms with van der Waals surface area (Å²) in [5, 5.41) is 1.13. The van der Waals surface area contributed by atoms with Crippen LogP contribution in [0.4, 0.5) is 5.82 Å². The van der Waals surface area contributed by atoms with Crippen molar-refractivity contribution < 1.29 is 4.84 Å². The summed E-state index contributed by atoms with van der Waals surface area (Å²) in [6, 6.07) is 14.3. The fourth-order valence-corrected chi connectivity index (χ4v) is 3.72. The number of hydrogen-bond donors (Lipinski definition) is 1. The minimum absolute atomic E-state index is 0.209. The SMILES string of the molecule is COn1c(=O)c(-c2c(Cl)cccc2Cl)cc2c(N)nc(-c3ccc(C)cc3)nc21. The molecule has 0 aliphatic heterocycles. The van der Waals surface area contributed by atoms with E-state index in [1.165, 1.54) is 7.11 Å². The third-order valence-corrected chi connectivity index (χ3v) is 5.21. The smallest absolute Gasteiger partial charge is 0.293 e. The molecule has 0 saturated carbocycles. The summed E-state index contributed by atoms with van der Waals surface area (Å²) in [5.41, 5.74) is 8.56. The summed E-state index contributed by atoms with van der Waals surface area (Å²) < 4.78 is 1.07. The van der Waals surface area contributed by atoms with Crippen molar-refractivity contribution in [3.63, 3.8) is 0 Å². The maximum absolute atomic E-state index is 13.1. The average Bonchev–Trinajstić information content (AvgIpc) is 2.69. The van der Waals surface area contributed by atoms with Crippen LogP contribution in [0.2, 0.25) is 10.0 Å². The first kappa shape index (κ1) is 19.2. The highest BCUT2D eigenvalue weighted by atomic mass is 35.5. The van der Waals surface area contributed by atoms with E-state index in [9.17, 15) is 4.79 Å². The van der Waals surface area contributed by atoms with Crippen LogP contribution in [-0.4, -0.2) is 21.8 Å². The molecule has 0 bridgehead atoms. The molecule has 0 radical (unpaired) electrons. The van der Waals surface area contributed by atoms with Crippen molar-refractivity contribution in [2.45, 2.75) is 6.92 Å². The molecule has 0 saturated heterocycles. The quantitative estimate of drug-likeness (QED) is 0.525. The van der Waals surface area contributed by atoms with Crippen LogP contribution in [0.25, 0.3) is 33.5 Å². The zero-order valence-electron chi connectivity index (χ0n) is 15.6. The Morgan fingerprint density at radius 3 is 2.31 bits per heavy atom. The van der Waals surface area contributed by atoms with Crippen LogP contribution in [-0.2, 0) is 0 Å². The van der Waals surface area contributed by atoms with Gasteiger partial charge in [-0.25, -0.2) is 9.97 Å².